The normalized spacial score (nSPS) is 11.9. The number of benzene rings is 10. The second-order valence-electron chi connectivity index (χ2n) is 17.3. The molecule has 0 amide bonds. The molecule has 312 valence electrons. The summed E-state index contributed by atoms with van der Waals surface area (Å²) in [5.41, 5.74) is 17.1. The molecule has 0 radical (unpaired) electrons. The first-order chi connectivity index (χ1) is 33.2. The molecule has 5 heteroatoms. The van der Waals surface area contributed by atoms with Crippen LogP contribution in [0.4, 0.5) is 0 Å². The molecule has 0 aliphatic carbocycles. The number of rotatable bonds is 6. The summed E-state index contributed by atoms with van der Waals surface area (Å²) >= 11 is 0. The van der Waals surface area contributed by atoms with Gasteiger partial charge in [0.25, 0.3) is 0 Å². The van der Waals surface area contributed by atoms with Gasteiger partial charge in [0.1, 0.15) is 11.2 Å². The smallest absolute Gasteiger partial charge is 0.235 e. The van der Waals surface area contributed by atoms with Crippen molar-refractivity contribution in [2.75, 3.05) is 0 Å². The molecular weight excluding hydrogens is 817 g/mol. The summed E-state index contributed by atoms with van der Waals surface area (Å²) in [6.45, 7) is 0. The average molecular weight is 855 g/mol. The predicted octanol–water partition coefficient (Wildman–Crippen LogP) is 16.4. The fraction of sp³-hybridized carbons (Fsp3) is 0. The third kappa shape index (κ3) is 5.88. The van der Waals surface area contributed by atoms with E-state index < -0.39 is 0 Å². The third-order valence-corrected chi connectivity index (χ3v) is 13.6. The number of hydrogen-bond acceptors (Lipinski definition) is 3. The zero-order chi connectivity index (χ0) is 44.0. The van der Waals surface area contributed by atoms with Crippen molar-refractivity contribution in [1.29, 1.82) is 0 Å². The van der Waals surface area contributed by atoms with E-state index in [2.05, 4.69) is 228 Å². The van der Waals surface area contributed by atoms with Gasteiger partial charge in [-0.25, -0.2) is 9.97 Å². The lowest BCUT2D eigenvalue weighted by atomic mass is 9.96. The van der Waals surface area contributed by atoms with Crippen molar-refractivity contribution in [2.45, 2.75) is 0 Å². The van der Waals surface area contributed by atoms with Gasteiger partial charge in [-0.1, -0.05) is 158 Å². The van der Waals surface area contributed by atoms with Crippen LogP contribution in [-0.2, 0) is 0 Å². The molecule has 0 atom stereocenters. The largest absolute Gasteiger partial charge is 0.456 e. The first-order valence-electron chi connectivity index (χ1n) is 22.7. The van der Waals surface area contributed by atoms with Crippen molar-refractivity contribution in [3.05, 3.63) is 231 Å². The molecule has 0 unspecified atom stereocenters. The van der Waals surface area contributed by atoms with E-state index in [0.717, 1.165) is 93.8 Å². The van der Waals surface area contributed by atoms with Crippen LogP contribution in [0.25, 0.3) is 133 Å². The molecule has 0 saturated heterocycles. The Morgan fingerprint density at radius 2 is 0.851 bits per heavy atom. The van der Waals surface area contributed by atoms with E-state index in [1.165, 1.54) is 32.9 Å². The Labute approximate surface area is 385 Å². The SMILES string of the molecule is c1ccc(-c2ccc(-c3nc(-n4c5ccccc5c5cc(-c6cccc7oc8ccc(-c9ccc%10c(c9)c9ccccc9n%10-c9ccccc9)cc8c67)ccc54)nc4ccccc34)cc2)cc1. The van der Waals surface area contributed by atoms with E-state index in [-0.39, 0.29) is 0 Å². The van der Waals surface area contributed by atoms with E-state index in [9.17, 15) is 0 Å². The van der Waals surface area contributed by atoms with Crippen LogP contribution in [0.1, 0.15) is 0 Å². The number of nitrogens with zero attached hydrogens (tertiary/aromatic N) is 4. The molecule has 0 aliphatic rings. The van der Waals surface area contributed by atoms with Crippen LogP contribution in [0.3, 0.4) is 0 Å². The van der Waals surface area contributed by atoms with Crippen molar-refractivity contribution in [3.63, 3.8) is 0 Å². The maximum absolute atomic E-state index is 6.59. The Morgan fingerprint density at radius 1 is 0.313 bits per heavy atom. The van der Waals surface area contributed by atoms with Gasteiger partial charge in [0.15, 0.2) is 0 Å². The van der Waals surface area contributed by atoms with Crippen molar-refractivity contribution in [2.24, 2.45) is 0 Å². The van der Waals surface area contributed by atoms with Gasteiger partial charge in [-0.05, 0) is 106 Å². The Morgan fingerprint density at radius 3 is 1.61 bits per heavy atom. The summed E-state index contributed by atoms with van der Waals surface area (Å²) in [5, 5.41) is 7.94. The highest BCUT2D eigenvalue weighted by Crippen LogP contribution is 2.42. The molecular formula is C62H38N4O. The van der Waals surface area contributed by atoms with Crippen LogP contribution in [0, 0.1) is 0 Å². The summed E-state index contributed by atoms with van der Waals surface area (Å²) in [5.74, 6) is 0.637. The summed E-state index contributed by atoms with van der Waals surface area (Å²) in [7, 11) is 0. The minimum atomic E-state index is 0.637. The lowest BCUT2D eigenvalue weighted by molar-refractivity contribution is 0.669. The Kier molecular flexibility index (Phi) is 8.21. The Hall–Kier alpha value is -9.06. The van der Waals surface area contributed by atoms with E-state index in [4.69, 9.17) is 14.4 Å². The Bertz CT molecular complexity index is 4260. The van der Waals surface area contributed by atoms with Crippen molar-refractivity contribution in [1.82, 2.24) is 19.1 Å². The average Bonchev–Trinajstić information content (AvgIpc) is 4.06. The quantitative estimate of drug-likeness (QED) is 0.167. The van der Waals surface area contributed by atoms with Gasteiger partial charge in [0.2, 0.25) is 5.95 Å². The molecule has 0 fully saturated rings. The molecule has 5 nitrogen and oxygen atoms in total. The fourth-order valence-electron chi connectivity index (χ4n) is 10.4. The third-order valence-electron chi connectivity index (χ3n) is 13.6. The molecule has 67 heavy (non-hydrogen) atoms. The Balaban J connectivity index is 0.903. The summed E-state index contributed by atoms with van der Waals surface area (Å²) < 4.78 is 11.2. The molecule has 0 aliphatic heterocycles. The van der Waals surface area contributed by atoms with Gasteiger partial charge in [0.05, 0.1) is 33.3 Å². The maximum Gasteiger partial charge on any atom is 0.235 e. The highest BCUT2D eigenvalue weighted by molar-refractivity contribution is 6.16. The molecule has 0 saturated carbocycles. The summed E-state index contributed by atoms with van der Waals surface area (Å²) in [6.07, 6.45) is 0. The fourth-order valence-corrected chi connectivity index (χ4v) is 10.4. The molecule has 10 aromatic carbocycles. The number of para-hydroxylation sites is 4. The minimum absolute atomic E-state index is 0.637. The van der Waals surface area contributed by atoms with Crippen LogP contribution < -0.4 is 0 Å². The maximum atomic E-state index is 6.59. The van der Waals surface area contributed by atoms with Gasteiger partial charge in [-0.2, -0.15) is 0 Å². The monoisotopic (exact) mass is 854 g/mol. The summed E-state index contributed by atoms with van der Waals surface area (Å²) in [4.78, 5) is 10.6. The van der Waals surface area contributed by atoms with Gasteiger partial charge < -0.3 is 8.98 Å². The zero-order valence-corrected chi connectivity index (χ0v) is 36.1. The number of fused-ring (bicyclic) bond motifs is 10. The first-order valence-corrected chi connectivity index (χ1v) is 22.7. The van der Waals surface area contributed by atoms with Crippen molar-refractivity contribution < 1.29 is 4.42 Å². The van der Waals surface area contributed by atoms with Crippen molar-refractivity contribution in [3.8, 4) is 56.3 Å². The van der Waals surface area contributed by atoms with Crippen LogP contribution >= 0.6 is 0 Å². The van der Waals surface area contributed by atoms with Crippen molar-refractivity contribution >= 4 is 76.5 Å². The van der Waals surface area contributed by atoms with E-state index in [1.807, 2.05) is 12.1 Å². The molecule has 4 aromatic heterocycles. The highest BCUT2D eigenvalue weighted by Gasteiger charge is 2.20. The van der Waals surface area contributed by atoms with E-state index in [0.29, 0.717) is 5.95 Å². The summed E-state index contributed by atoms with van der Waals surface area (Å²) in [6, 6.07) is 82.0. The van der Waals surface area contributed by atoms with Gasteiger partial charge in [0, 0.05) is 49.0 Å². The van der Waals surface area contributed by atoms with Gasteiger partial charge in [-0.15, -0.1) is 0 Å². The van der Waals surface area contributed by atoms with Crippen LogP contribution in [0.5, 0.6) is 0 Å². The van der Waals surface area contributed by atoms with Gasteiger partial charge >= 0.3 is 0 Å². The standard InChI is InChI=1S/C62H38N4O/c1-3-14-39(15-4-1)40-26-28-41(29-27-40)61-49-20-7-10-22-53(49)63-62(64-61)66-55-24-12-9-19-48(55)51-38-44(31-34-57(51)66)46-21-13-25-59-60(46)52-37-43(32-35-58(52)67-59)42-30-33-56-50(36-42)47-18-8-11-23-54(47)65(56)45-16-5-2-6-17-45/h1-38H. The number of furan rings is 1. The lowest BCUT2D eigenvalue weighted by Crippen LogP contribution is -2.03. The first kappa shape index (κ1) is 37.3. The van der Waals surface area contributed by atoms with Crippen LogP contribution in [0.15, 0.2) is 235 Å². The van der Waals surface area contributed by atoms with Crippen LogP contribution in [0.2, 0.25) is 0 Å². The molecule has 0 spiro atoms. The zero-order valence-electron chi connectivity index (χ0n) is 36.1. The van der Waals surface area contributed by atoms with Gasteiger partial charge in [-0.3, -0.25) is 4.57 Å². The molecule has 14 aromatic rings. The van der Waals surface area contributed by atoms with E-state index >= 15 is 0 Å². The highest BCUT2D eigenvalue weighted by atomic mass is 16.3. The predicted molar refractivity (Wildman–Crippen MR) is 277 cm³/mol. The molecule has 0 N–H and O–H groups in total. The second kappa shape index (κ2) is 14.7. The molecule has 0 bridgehead atoms. The topological polar surface area (TPSA) is 48.8 Å². The molecule has 4 heterocycles. The molecule has 14 rings (SSSR count). The number of aromatic nitrogens is 4. The van der Waals surface area contributed by atoms with E-state index in [1.54, 1.807) is 0 Å². The minimum Gasteiger partial charge on any atom is -0.456 e. The van der Waals surface area contributed by atoms with Crippen LogP contribution in [-0.4, -0.2) is 19.1 Å². The lowest BCUT2D eigenvalue weighted by Gasteiger charge is -2.12. The number of hydrogen-bond donors (Lipinski definition) is 0. The second-order valence-corrected chi connectivity index (χ2v) is 17.3.